The Labute approximate surface area is 47.0 Å². The largest absolute Gasteiger partial charge is 0.335 e. The highest BCUT2D eigenvalue weighted by atomic mass is 19.1. The van der Waals surface area contributed by atoms with Crippen LogP contribution in [0.4, 0.5) is 4.39 Å². The highest BCUT2D eigenvalue weighted by Gasteiger charge is 1.90. The van der Waals surface area contributed by atoms with E-state index in [-0.39, 0.29) is 0 Å². The van der Waals surface area contributed by atoms with Gasteiger partial charge in [0.25, 0.3) is 0 Å². The Morgan fingerprint density at radius 2 is 2.62 bits per heavy atom. The molecule has 8 heavy (non-hydrogen) atoms. The summed E-state index contributed by atoms with van der Waals surface area (Å²) in [6.07, 6.45) is 2.83. The average molecular weight is 114 g/mol. The molecule has 0 atom stereocenters. The molecule has 0 radical (unpaired) electrons. The second kappa shape index (κ2) is 1.94. The average Bonchev–Trinajstić information content (AvgIpc) is 2.14. The molecule has 0 saturated carbocycles. The third-order valence-corrected chi connectivity index (χ3v) is 0.967. The molecule has 0 amide bonds. The zero-order valence-corrected chi connectivity index (χ0v) is 4.63. The van der Waals surface area contributed by atoms with Crippen molar-refractivity contribution in [3.63, 3.8) is 0 Å². The Hall–Kier alpha value is -0.860. The molecule has 0 aliphatic carbocycles. The predicted molar refractivity (Wildman–Crippen MR) is 27.9 cm³/mol. The first-order valence-corrected chi connectivity index (χ1v) is 2.50. The molecule has 1 aromatic heterocycles. The summed E-state index contributed by atoms with van der Waals surface area (Å²) in [7, 11) is 0. The molecule has 0 aliphatic rings. The summed E-state index contributed by atoms with van der Waals surface area (Å²) < 4.78 is 13.7. The topological polar surface area (TPSA) is 17.8 Å². The summed E-state index contributed by atoms with van der Waals surface area (Å²) in [5.41, 5.74) is 0. The van der Waals surface area contributed by atoms with E-state index < -0.39 is 5.95 Å². The van der Waals surface area contributed by atoms with Gasteiger partial charge in [0.1, 0.15) is 0 Å². The molecular weight excluding hydrogens is 107 g/mol. The van der Waals surface area contributed by atoms with Gasteiger partial charge in [-0.2, -0.15) is 4.39 Å². The quantitative estimate of drug-likeness (QED) is 0.533. The normalized spacial score (nSPS) is 9.75. The van der Waals surface area contributed by atoms with Crippen molar-refractivity contribution in [3.8, 4) is 0 Å². The molecule has 0 fully saturated rings. The van der Waals surface area contributed by atoms with E-state index >= 15 is 0 Å². The summed E-state index contributed by atoms with van der Waals surface area (Å²) in [4.78, 5) is 3.38. The molecule has 1 rings (SSSR count). The number of hydrogen-bond donors (Lipinski definition) is 0. The summed E-state index contributed by atoms with van der Waals surface area (Å²) >= 11 is 0. The van der Waals surface area contributed by atoms with Crippen LogP contribution in [-0.2, 0) is 6.54 Å². The van der Waals surface area contributed by atoms with Crippen molar-refractivity contribution >= 4 is 0 Å². The number of aromatic nitrogens is 2. The number of aryl methyl sites for hydroxylation is 1. The van der Waals surface area contributed by atoms with Gasteiger partial charge >= 0.3 is 0 Å². The van der Waals surface area contributed by atoms with Crippen LogP contribution in [-0.4, -0.2) is 9.55 Å². The van der Waals surface area contributed by atoms with Gasteiger partial charge in [0, 0.05) is 6.54 Å². The minimum atomic E-state index is -0.410. The number of nitrogens with zero attached hydrogens (tertiary/aromatic N) is 2. The van der Waals surface area contributed by atoms with Gasteiger partial charge in [-0.05, 0) is 6.92 Å². The first-order chi connectivity index (χ1) is 3.83. The summed E-state index contributed by atoms with van der Waals surface area (Å²) in [6, 6.07) is 0. The van der Waals surface area contributed by atoms with E-state index in [2.05, 4.69) is 4.98 Å². The molecule has 3 heteroatoms. The minimum absolute atomic E-state index is 0.410. The zero-order chi connectivity index (χ0) is 5.98. The smallest absolute Gasteiger partial charge is 0.230 e. The first-order valence-electron chi connectivity index (χ1n) is 2.50. The van der Waals surface area contributed by atoms with E-state index in [1.165, 1.54) is 12.5 Å². The fourth-order valence-corrected chi connectivity index (χ4v) is 0.506. The van der Waals surface area contributed by atoms with Gasteiger partial charge < -0.3 is 4.57 Å². The first kappa shape index (κ1) is 5.28. The Morgan fingerprint density at radius 3 is 2.88 bits per heavy atom. The van der Waals surface area contributed by atoms with Crippen molar-refractivity contribution < 1.29 is 4.39 Å². The van der Waals surface area contributed by atoms with Crippen LogP contribution in [0.25, 0.3) is 0 Å². The highest BCUT2D eigenvalue weighted by molar-refractivity contribution is 4.77. The molecule has 1 aromatic rings. The molecule has 0 N–H and O–H groups in total. The summed E-state index contributed by atoms with van der Waals surface area (Å²) in [5, 5.41) is 0. The molecule has 0 saturated heterocycles. The Morgan fingerprint density at radius 1 is 1.88 bits per heavy atom. The second-order valence-electron chi connectivity index (χ2n) is 1.53. The zero-order valence-electron chi connectivity index (χ0n) is 4.63. The lowest BCUT2D eigenvalue weighted by atomic mass is 10.7. The fraction of sp³-hybridized carbons (Fsp3) is 0.400. The molecule has 2 nitrogen and oxygen atoms in total. The molecule has 0 bridgehead atoms. The number of rotatable bonds is 1. The maximum Gasteiger partial charge on any atom is 0.230 e. The predicted octanol–water partition coefficient (Wildman–Crippen LogP) is 1.04. The van der Waals surface area contributed by atoms with Crippen molar-refractivity contribution in [2.24, 2.45) is 0 Å². The van der Waals surface area contributed by atoms with Gasteiger partial charge in [0.05, 0.1) is 12.5 Å². The van der Waals surface area contributed by atoms with Crippen molar-refractivity contribution in [2.45, 2.75) is 13.5 Å². The number of halogens is 1. The van der Waals surface area contributed by atoms with Gasteiger partial charge in [-0.1, -0.05) is 0 Å². The van der Waals surface area contributed by atoms with Crippen LogP contribution in [0.5, 0.6) is 0 Å². The Balaban J connectivity index is 2.84. The number of hydrogen-bond acceptors (Lipinski definition) is 1. The fourth-order valence-electron chi connectivity index (χ4n) is 0.506. The van der Waals surface area contributed by atoms with Crippen molar-refractivity contribution in [1.82, 2.24) is 9.55 Å². The van der Waals surface area contributed by atoms with E-state index in [4.69, 9.17) is 0 Å². The van der Waals surface area contributed by atoms with E-state index in [1.54, 1.807) is 4.57 Å². The van der Waals surface area contributed by atoms with Crippen LogP contribution >= 0.6 is 0 Å². The van der Waals surface area contributed by atoms with Gasteiger partial charge in [-0.25, -0.2) is 4.98 Å². The van der Waals surface area contributed by atoms with Crippen LogP contribution < -0.4 is 0 Å². The number of imidazole rings is 1. The van der Waals surface area contributed by atoms with E-state index in [9.17, 15) is 4.39 Å². The lowest BCUT2D eigenvalue weighted by molar-refractivity contribution is 0.587. The van der Waals surface area contributed by atoms with Crippen LogP contribution in [0.2, 0.25) is 0 Å². The van der Waals surface area contributed by atoms with Crippen molar-refractivity contribution in [2.75, 3.05) is 0 Å². The van der Waals surface area contributed by atoms with Crippen LogP contribution in [0, 0.1) is 5.95 Å². The van der Waals surface area contributed by atoms with Gasteiger partial charge in [-0.3, -0.25) is 0 Å². The molecule has 44 valence electrons. The summed E-state index contributed by atoms with van der Waals surface area (Å²) in [6.45, 7) is 2.71. The molecule has 0 spiro atoms. The van der Waals surface area contributed by atoms with Crippen molar-refractivity contribution in [1.29, 1.82) is 0 Å². The third-order valence-electron chi connectivity index (χ3n) is 0.967. The van der Waals surface area contributed by atoms with Gasteiger partial charge in [0.15, 0.2) is 0 Å². The third kappa shape index (κ3) is 0.857. The molecule has 0 aromatic carbocycles. The van der Waals surface area contributed by atoms with Crippen LogP contribution in [0.1, 0.15) is 6.92 Å². The molecular formula is C5H7FN2. The van der Waals surface area contributed by atoms with E-state index in [0.717, 1.165) is 6.54 Å². The SMILES string of the molecule is CCn1cnc(F)c1. The molecule has 1 heterocycles. The van der Waals surface area contributed by atoms with Crippen LogP contribution in [0.15, 0.2) is 12.5 Å². The highest BCUT2D eigenvalue weighted by Crippen LogP contribution is 1.90. The standard InChI is InChI=1S/C5H7FN2/c1-2-8-3-5(6)7-4-8/h3-4H,2H2,1H3. The molecule has 0 unspecified atom stereocenters. The van der Waals surface area contributed by atoms with E-state index in [0.29, 0.717) is 0 Å². The van der Waals surface area contributed by atoms with Gasteiger partial charge in [0.2, 0.25) is 5.95 Å². The Bertz CT molecular complexity index is 171. The molecule has 0 aliphatic heterocycles. The maximum atomic E-state index is 12.0. The lowest BCUT2D eigenvalue weighted by Gasteiger charge is -1.87. The summed E-state index contributed by atoms with van der Waals surface area (Å²) in [5.74, 6) is -0.410. The Kier molecular flexibility index (Phi) is 1.28. The van der Waals surface area contributed by atoms with E-state index in [1.807, 2.05) is 6.92 Å². The van der Waals surface area contributed by atoms with Gasteiger partial charge in [-0.15, -0.1) is 0 Å². The second-order valence-corrected chi connectivity index (χ2v) is 1.53. The minimum Gasteiger partial charge on any atom is -0.335 e. The van der Waals surface area contributed by atoms with Crippen LogP contribution in [0.3, 0.4) is 0 Å². The van der Waals surface area contributed by atoms with Crippen molar-refractivity contribution in [3.05, 3.63) is 18.5 Å². The maximum absolute atomic E-state index is 12.0. The lowest BCUT2D eigenvalue weighted by Crippen LogP contribution is -1.86. The monoisotopic (exact) mass is 114 g/mol.